The van der Waals surface area contributed by atoms with Crippen molar-refractivity contribution >= 4 is 23.3 Å². The van der Waals surface area contributed by atoms with Crippen LogP contribution in [0.2, 0.25) is 5.02 Å². The molecule has 0 heterocycles. The van der Waals surface area contributed by atoms with E-state index in [2.05, 4.69) is 0 Å². The number of rotatable bonds is 3. The Kier molecular flexibility index (Phi) is 4.25. The van der Waals surface area contributed by atoms with Crippen molar-refractivity contribution in [3.63, 3.8) is 0 Å². The summed E-state index contributed by atoms with van der Waals surface area (Å²) in [5.41, 5.74) is 7.90. The molecule has 0 fully saturated rings. The van der Waals surface area contributed by atoms with Crippen molar-refractivity contribution < 1.29 is 13.9 Å². The zero-order valence-electron chi connectivity index (χ0n) is 10.8. The number of hydrogen-bond donors (Lipinski definition) is 1. The summed E-state index contributed by atoms with van der Waals surface area (Å²) in [6.45, 7) is 1.72. The molecule has 20 heavy (non-hydrogen) atoms. The van der Waals surface area contributed by atoms with E-state index >= 15 is 0 Å². The van der Waals surface area contributed by atoms with Crippen molar-refractivity contribution in [2.24, 2.45) is 0 Å². The SMILES string of the molecule is Cc1cc(C(=O)OCc2cccc(F)c2Cl)ccc1N. The van der Waals surface area contributed by atoms with Crippen molar-refractivity contribution in [1.29, 1.82) is 0 Å². The van der Waals surface area contributed by atoms with Crippen LogP contribution < -0.4 is 5.73 Å². The number of hydrogen-bond acceptors (Lipinski definition) is 3. The van der Waals surface area contributed by atoms with Crippen molar-refractivity contribution in [2.45, 2.75) is 13.5 Å². The van der Waals surface area contributed by atoms with Crippen molar-refractivity contribution in [3.05, 3.63) is 63.9 Å². The molecule has 5 heteroatoms. The van der Waals surface area contributed by atoms with E-state index in [-0.39, 0.29) is 11.6 Å². The highest BCUT2D eigenvalue weighted by Gasteiger charge is 2.11. The molecule has 2 aromatic carbocycles. The number of nitrogen functional groups attached to an aromatic ring is 1. The first-order valence-corrected chi connectivity index (χ1v) is 6.33. The molecule has 2 rings (SSSR count). The third kappa shape index (κ3) is 3.08. The van der Waals surface area contributed by atoms with Crippen LogP contribution >= 0.6 is 11.6 Å². The number of nitrogens with two attached hydrogens (primary N) is 1. The highest BCUT2D eigenvalue weighted by molar-refractivity contribution is 6.31. The largest absolute Gasteiger partial charge is 0.457 e. The molecule has 0 bridgehead atoms. The Balaban J connectivity index is 2.08. The Hall–Kier alpha value is -2.07. The van der Waals surface area contributed by atoms with E-state index in [0.29, 0.717) is 16.8 Å². The molecule has 0 unspecified atom stereocenters. The summed E-state index contributed by atoms with van der Waals surface area (Å²) >= 11 is 5.79. The fourth-order valence-corrected chi connectivity index (χ4v) is 1.87. The molecule has 0 aliphatic rings. The van der Waals surface area contributed by atoms with E-state index in [1.165, 1.54) is 12.1 Å². The summed E-state index contributed by atoms with van der Waals surface area (Å²) in [4.78, 5) is 11.9. The van der Waals surface area contributed by atoms with E-state index in [0.717, 1.165) is 5.56 Å². The average Bonchev–Trinajstić information content (AvgIpc) is 2.43. The van der Waals surface area contributed by atoms with Crippen molar-refractivity contribution in [1.82, 2.24) is 0 Å². The van der Waals surface area contributed by atoms with Crippen LogP contribution in [0.15, 0.2) is 36.4 Å². The van der Waals surface area contributed by atoms with Gasteiger partial charge in [-0.25, -0.2) is 9.18 Å². The monoisotopic (exact) mass is 293 g/mol. The van der Waals surface area contributed by atoms with Gasteiger partial charge in [0, 0.05) is 11.3 Å². The van der Waals surface area contributed by atoms with Crippen LogP contribution in [0.5, 0.6) is 0 Å². The number of ether oxygens (including phenoxy) is 1. The summed E-state index contributed by atoms with van der Waals surface area (Å²) in [5, 5.41) is -0.0335. The molecular weight excluding hydrogens is 281 g/mol. The van der Waals surface area contributed by atoms with Crippen LogP contribution in [-0.4, -0.2) is 5.97 Å². The summed E-state index contributed by atoms with van der Waals surface area (Å²) in [5.74, 6) is -1.04. The van der Waals surface area contributed by atoms with Gasteiger partial charge in [-0.05, 0) is 36.8 Å². The summed E-state index contributed by atoms with van der Waals surface area (Å²) in [7, 11) is 0. The molecule has 2 aromatic rings. The lowest BCUT2D eigenvalue weighted by Crippen LogP contribution is -2.06. The molecule has 0 aliphatic carbocycles. The average molecular weight is 294 g/mol. The molecule has 0 amide bonds. The molecule has 2 N–H and O–H groups in total. The Morgan fingerprint density at radius 3 is 2.80 bits per heavy atom. The van der Waals surface area contributed by atoms with Crippen molar-refractivity contribution in [3.8, 4) is 0 Å². The van der Waals surface area contributed by atoms with Crippen LogP contribution in [0.25, 0.3) is 0 Å². The predicted octanol–water partition coefficient (Wildman–Crippen LogP) is 3.73. The lowest BCUT2D eigenvalue weighted by Gasteiger charge is -2.08. The smallest absolute Gasteiger partial charge is 0.338 e. The van der Waals surface area contributed by atoms with E-state index in [1.54, 1.807) is 31.2 Å². The third-order valence-electron chi connectivity index (χ3n) is 2.90. The normalized spacial score (nSPS) is 10.3. The maximum atomic E-state index is 13.2. The van der Waals surface area contributed by atoms with Gasteiger partial charge in [0.25, 0.3) is 0 Å². The van der Waals surface area contributed by atoms with Crippen LogP contribution in [0.4, 0.5) is 10.1 Å². The lowest BCUT2D eigenvalue weighted by atomic mass is 10.1. The van der Waals surface area contributed by atoms with Gasteiger partial charge in [0.2, 0.25) is 0 Å². The molecule has 3 nitrogen and oxygen atoms in total. The van der Waals surface area contributed by atoms with Gasteiger partial charge in [0.05, 0.1) is 10.6 Å². The zero-order valence-corrected chi connectivity index (χ0v) is 11.6. The van der Waals surface area contributed by atoms with E-state index < -0.39 is 11.8 Å². The molecule has 0 spiro atoms. The lowest BCUT2D eigenvalue weighted by molar-refractivity contribution is 0.0472. The van der Waals surface area contributed by atoms with Gasteiger partial charge in [-0.15, -0.1) is 0 Å². The fraction of sp³-hybridized carbons (Fsp3) is 0.133. The highest BCUT2D eigenvalue weighted by atomic mass is 35.5. The Morgan fingerprint density at radius 2 is 2.10 bits per heavy atom. The van der Waals surface area contributed by atoms with Gasteiger partial charge in [-0.2, -0.15) is 0 Å². The maximum absolute atomic E-state index is 13.2. The van der Waals surface area contributed by atoms with Gasteiger partial charge in [-0.1, -0.05) is 23.7 Å². The number of carbonyl (C=O) groups is 1. The number of benzene rings is 2. The molecule has 0 aliphatic heterocycles. The molecule has 0 saturated carbocycles. The Morgan fingerprint density at radius 1 is 1.35 bits per heavy atom. The van der Waals surface area contributed by atoms with Crippen LogP contribution in [0, 0.1) is 12.7 Å². The maximum Gasteiger partial charge on any atom is 0.338 e. The number of halogens is 2. The quantitative estimate of drug-likeness (QED) is 0.693. The van der Waals surface area contributed by atoms with Gasteiger partial charge >= 0.3 is 5.97 Å². The van der Waals surface area contributed by atoms with E-state index in [1.807, 2.05) is 0 Å². The molecular formula is C15H13ClFNO2. The van der Waals surface area contributed by atoms with E-state index in [9.17, 15) is 9.18 Å². The first-order valence-electron chi connectivity index (χ1n) is 5.95. The third-order valence-corrected chi connectivity index (χ3v) is 3.32. The predicted molar refractivity (Wildman–Crippen MR) is 76.1 cm³/mol. The highest BCUT2D eigenvalue weighted by Crippen LogP contribution is 2.21. The van der Waals surface area contributed by atoms with Crippen LogP contribution in [0.3, 0.4) is 0 Å². The van der Waals surface area contributed by atoms with E-state index in [4.69, 9.17) is 22.1 Å². The molecule has 104 valence electrons. The second kappa shape index (κ2) is 5.92. The topological polar surface area (TPSA) is 52.3 Å². The number of carbonyl (C=O) groups excluding carboxylic acids is 1. The molecule has 0 aromatic heterocycles. The standard InChI is InChI=1S/C15H13ClFNO2/c1-9-7-10(5-6-13(9)18)15(19)20-8-11-3-2-4-12(17)14(11)16/h2-7H,8,18H2,1H3. The number of anilines is 1. The zero-order chi connectivity index (χ0) is 14.7. The van der Waals surface area contributed by atoms with Gasteiger partial charge in [0.15, 0.2) is 0 Å². The number of esters is 1. The van der Waals surface area contributed by atoms with Crippen LogP contribution in [-0.2, 0) is 11.3 Å². The molecule has 0 atom stereocenters. The minimum Gasteiger partial charge on any atom is -0.457 e. The first-order chi connectivity index (χ1) is 9.49. The molecule has 0 radical (unpaired) electrons. The van der Waals surface area contributed by atoms with Gasteiger partial charge in [-0.3, -0.25) is 0 Å². The van der Waals surface area contributed by atoms with Crippen LogP contribution in [0.1, 0.15) is 21.5 Å². The van der Waals surface area contributed by atoms with Gasteiger partial charge < -0.3 is 10.5 Å². The first kappa shape index (κ1) is 14.3. The second-order valence-electron chi connectivity index (χ2n) is 4.36. The summed E-state index contributed by atoms with van der Waals surface area (Å²) in [6, 6.07) is 9.23. The van der Waals surface area contributed by atoms with Crippen molar-refractivity contribution in [2.75, 3.05) is 5.73 Å². The second-order valence-corrected chi connectivity index (χ2v) is 4.74. The Bertz CT molecular complexity index is 658. The number of aryl methyl sites for hydroxylation is 1. The Labute approximate surface area is 121 Å². The fourth-order valence-electron chi connectivity index (χ4n) is 1.69. The molecule has 0 saturated heterocycles. The minimum absolute atomic E-state index is 0.0335. The summed E-state index contributed by atoms with van der Waals surface area (Å²) < 4.78 is 18.4. The van der Waals surface area contributed by atoms with Gasteiger partial charge in [0.1, 0.15) is 12.4 Å². The minimum atomic E-state index is -0.538. The summed E-state index contributed by atoms with van der Waals surface area (Å²) in [6.07, 6.45) is 0.